The van der Waals surface area contributed by atoms with Crippen molar-refractivity contribution in [2.45, 2.75) is 44.7 Å². The number of carbonyl (C=O) groups excluding carboxylic acids is 1. The number of benzene rings is 1. The van der Waals surface area contributed by atoms with E-state index in [1.807, 2.05) is 12.1 Å². The van der Waals surface area contributed by atoms with Crippen molar-refractivity contribution >= 4 is 17.6 Å². The number of amides is 1. The van der Waals surface area contributed by atoms with Gasteiger partial charge in [0.1, 0.15) is 0 Å². The van der Waals surface area contributed by atoms with Gasteiger partial charge in [0, 0.05) is 29.4 Å². The van der Waals surface area contributed by atoms with E-state index in [0.717, 1.165) is 18.5 Å². The van der Waals surface area contributed by atoms with E-state index in [-0.39, 0.29) is 17.7 Å². The Morgan fingerprint density at radius 2 is 1.80 bits per heavy atom. The van der Waals surface area contributed by atoms with Gasteiger partial charge in [-0.1, -0.05) is 19.3 Å². The second kappa shape index (κ2) is 7.88. The SMILES string of the molecule is O=C(NC1CCCCC1)c1ccc(NCc2ccoc2C(=O)O)cc1. The summed E-state index contributed by atoms with van der Waals surface area (Å²) in [7, 11) is 0. The summed E-state index contributed by atoms with van der Waals surface area (Å²) in [4.78, 5) is 23.3. The number of hydrogen-bond donors (Lipinski definition) is 3. The maximum Gasteiger partial charge on any atom is 0.372 e. The van der Waals surface area contributed by atoms with Crippen LogP contribution in [-0.4, -0.2) is 23.0 Å². The van der Waals surface area contributed by atoms with E-state index < -0.39 is 5.97 Å². The highest BCUT2D eigenvalue weighted by Gasteiger charge is 2.17. The van der Waals surface area contributed by atoms with Gasteiger partial charge in [0.15, 0.2) is 0 Å². The van der Waals surface area contributed by atoms with Crippen molar-refractivity contribution in [1.29, 1.82) is 0 Å². The highest BCUT2D eigenvalue weighted by atomic mass is 16.4. The Labute approximate surface area is 146 Å². The molecule has 0 saturated heterocycles. The van der Waals surface area contributed by atoms with Crippen LogP contribution in [0.2, 0.25) is 0 Å². The summed E-state index contributed by atoms with van der Waals surface area (Å²) in [6, 6.07) is 9.09. The van der Waals surface area contributed by atoms with Crippen LogP contribution in [-0.2, 0) is 6.54 Å². The van der Waals surface area contributed by atoms with E-state index in [9.17, 15) is 9.59 Å². The predicted octanol–water partition coefficient (Wildman–Crippen LogP) is 3.65. The molecule has 3 N–H and O–H groups in total. The van der Waals surface area contributed by atoms with E-state index in [4.69, 9.17) is 9.52 Å². The molecule has 1 aliphatic rings. The van der Waals surface area contributed by atoms with Gasteiger partial charge >= 0.3 is 5.97 Å². The first-order chi connectivity index (χ1) is 12.1. The molecule has 1 aromatic carbocycles. The number of aromatic carboxylic acids is 1. The van der Waals surface area contributed by atoms with Crippen LogP contribution in [0.1, 0.15) is 58.6 Å². The number of furan rings is 1. The average molecular weight is 342 g/mol. The van der Waals surface area contributed by atoms with Crippen molar-refractivity contribution in [1.82, 2.24) is 5.32 Å². The van der Waals surface area contributed by atoms with Crippen LogP contribution in [0.3, 0.4) is 0 Å². The lowest BCUT2D eigenvalue weighted by Gasteiger charge is -2.22. The van der Waals surface area contributed by atoms with E-state index in [0.29, 0.717) is 17.7 Å². The Hall–Kier alpha value is -2.76. The molecule has 25 heavy (non-hydrogen) atoms. The molecule has 2 aromatic rings. The van der Waals surface area contributed by atoms with Crippen molar-refractivity contribution in [2.75, 3.05) is 5.32 Å². The third-order valence-corrected chi connectivity index (χ3v) is 4.51. The average Bonchev–Trinajstić information content (AvgIpc) is 3.10. The quantitative estimate of drug-likeness (QED) is 0.745. The zero-order valence-corrected chi connectivity index (χ0v) is 14.0. The Morgan fingerprint density at radius 1 is 1.08 bits per heavy atom. The van der Waals surface area contributed by atoms with E-state index in [1.165, 1.54) is 25.5 Å². The lowest BCUT2D eigenvalue weighted by Crippen LogP contribution is -2.36. The van der Waals surface area contributed by atoms with Crippen LogP contribution in [0.15, 0.2) is 41.0 Å². The Kier molecular flexibility index (Phi) is 5.38. The molecular weight excluding hydrogens is 320 g/mol. The van der Waals surface area contributed by atoms with E-state index in [1.54, 1.807) is 18.2 Å². The summed E-state index contributed by atoms with van der Waals surface area (Å²) in [6.07, 6.45) is 7.09. The second-order valence-electron chi connectivity index (χ2n) is 6.32. The third-order valence-electron chi connectivity index (χ3n) is 4.51. The van der Waals surface area contributed by atoms with Gasteiger partial charge in [0.25, 0.3) is 5.91 Å². The molecule has 0 radical (unpaired) electrons. The number of anilines is 1. The molecule has 0 unspecified atom stereocenters. The first-order valence-corrected chi connectivity index (χ1v) is 8.58. The summed E-state index contributed by atoms with van der Waals surface area (Å²) in [5.41, 5.74) is 2.02. The van der Waals surface area contributed by atoms with Crippen molar-refractivity contribution in [3.05, 3.63) is 53.5 Å². The van der Waals surface area contributed by atoms with Crippen LogP contribution in [0.5, 0.6) is 0 Å². The molecule has 0 bridgehead atoms. The van der Waals surface area contributed by atoms with Crippen LogP contribution >= 0.6 is 0 Å². The number of rotatable bonds is 6. The zero-order chi connectivity index (χ0) is 17.6. The van der Waals surface area contributed by atoms with Gasteiger partial charge in [0.05, 0.1) is 6.26 Å². The molecule has 1 aliphatic carbocycles. The summed E-state index contributed by atoms with van der Waals surface area (Å²) in [6.45, 7) is 0.339. The van der Waals surface area contributed by atoms with Gasteiger partial charge in [-0.3, -0.25) is 4.79 Å². The van der Waals surface area contributed by atoms with Crippen molar-refractivity contribution < 1.29 is 19.1 Å². The zero-order valence-electron chi connectivity index (χ0n) is 14.0. The first-order valence-electron chi connectivity index (χ1n) is 8.58. The Balaban J connectivity index is 1.55. The number of carbonyl (C=O) groups is 2. The minimum atomic E-state index is -1.09. The van der Waals surface area contributed by atoms with Gasteiger partial charge < -0.3 is 20.2 Å². The second-order valence-corrected chi connectivity index (χ2v) is 6.32. The van der Waals surface area contributed by atoms with Crippen LogP contribution in [0.25, 0.3) is 0 Å². The molecule has 132 valence electrons. The first kappa shape index (κ1) is 17.1. The molecular formula is C19H22N2O4. The summed E-state index contributed by atoms with van der Waals surface area (Å²) >= 11 is 0. The standard InChI is InChI=1S/C19H22N2O4/c22-18(21-16-4-2-1-3-5-16)13-6-8-15(9-7-13)20-12-14-10-11-25-17(14)19(23)24/h6-11,16,20H,1-5,12H2,(H,21,22)(H,23,24). The molecule has 1 saturated carbocycles. The molecule has 0 spiro atoms. The third kappa shape index (κ3) is 4.41. The molecule has 0 aliphatic heterocycles. The fourth-order valence-corrected chi connectivity index (χ4v) is 3.11. The van der Waals surface area contributed by atoms with Gasteiger partial charge in [-0.15, -0.1) is 0 Å². The monoisotopic (exact) mass is 342 g/mol. The van der Waals surface area contributed by atoms with Crippen molar-refractivity contribution in [2.24, 2.45) is 0 Å². The molecule has 6 nitrogen and oxygen atoms in total. The molecule has 1 amide bonds. The normalized spacial score (nSPS) is 14.9. The highest BCUT2D eigenvalue weighted by Crippen LogP contribution is 2.19. The van der Waals surface area contributed by atoms with Gasteiger partial charge in [-0.25, -0.2) is 4.79 Å². The van der Waals surface area contributed by atoms with Crippen LogP contribution in [0, 0.1) is 0 Å². The molecule has 1 aromatic heterocycles. The summed E-state index contributed by atoms with van der Waals surface area (Å²) in [5.74, 6) is -1.19. The number of hydrogen-bond acceptors (Lipinski definition) is 4. The summed E-state index contributed by atoms with van der Waals surface area (Å²) < 4.78 is 4.94. The molecule has 0 atom stereocenters. The molecule has 6 heteroatoms. The maximum absolute atomic E-state index is 12.3. The largest absolute Gasteiger partial charge is 0.475 e. The van der Waals surface area contributed by atoms with E-state index >= 15 is 0 Å². The Morgan fingerprint density at radius 3 is 2.48 bits per heavy atom. The van der Waals surface area contributed by atoms with Crippen molar-refractivity contribution in [3.8, 4) is 0 Å². The summed E-state index contributed by atoms with van der Waals surface area (Å²) in [5, 5.41) is 15.2. The highest BCUT2D eigenvalue weighted by molar-refractivity contribution is 5.94. The van der Waals surface area contributed by atoms with Crippen molar-refractivity contribution in [3.63, 3.8) is 0 Å². The predicted molar refractivity (Wildman–Crippen MR) is 93.8 cm³/mol. The van der Waals surface area contributed by atoms with Gasteiger partial charge in [0.2, 0.25) is 5.76 Å². The van der Waals surface area contributed by atoms with Crippen LogP contribution in [0.4, 0.5) is 5.69 Å². The maximum atomic E-state index is 12.3. The molecule has 3 rings (SSSR count). The fraction of sp³-hybridized carbons (Fsp3) is 0.368. The minimum absolute atomic E-state index is 0.0403. The Bertz CT molecular complexity index is 730. The number of nitrogens with one attached hydrogen (secondary N) is 2. The minimum Gasteiger partial charge on any atom is -0.475 e. The number of carboxylic acid groups (broad SMARTS) is 1. The van der Waals surface area contributed by atoms with E-state index in [2.05, 4.69) is 10.6 Å². The lowest BCUT2D eigenvalue weighted by molar-refractivity contribution is 0.0660. The fourth-order valence-electron chi connectivity index (χ4n) is 3.11. The molecule has 1 fully saturated rings. The molecule has 1 heterocycles. The topological polar surface area (TPSA) is 91.6 Å². The number of carboxylic acids is 1. The lowest BCUT2D eigenvalue weighted by atomic mass is 9.95. The van der Waals surface area contributed by atoms with Gasteiger partial charge in [-0.2, -0.15) is 0 Å². The smallest absolute Gasteiger partial charge is 0.372 e. The van der Waals surface area contributed by atoms with Gasteiger partial charge in [-0.05, 0) is 43.2 Å². The van der Waals surface area contributed by atoms with Crippen LogP contribution < -0.4 is 10.6 Å².